The van der Waals surface area contributed by atoms with Gasteiger partial charge in [0, 0.05) is 5.92 Å². The summed E-state index contributed by atoms with van der Waals surface area (Å²) in [7, 11) is -5.20. The summed E-state index contributed by atoms with van der Waals surface area (Å²) in [6, 6.07) is -0.914. The van der Waals surface area contributed by atoms with Gasteiger partial charge in [-0.3, -0.25) is 0 Å². The van der Waals surface area contributed by atoms with Crippen LogP contribution in [0.5, 0.6) is 0 Å². The Labute approximate surface area is 118 Å². The lowest BCUT2D eigenvalue weighted by atomic mass is 9.89. The summed E-state index contributed by atoms with van der Waals surface area (Å²) in [5, 5.41) is -3.99. The first kappa shape index (κ1) is 16.1. The fourth-order valence-corrected chi connectivity index (χ4v) is 4.74. The molecule has 20 heavy (non-hydrogen) atoms. The van der Waals surface area contributed by atoms with Gasteiger partial charge in [0.15, 0.2) is 0 Å². The zero-order valence-corrected chi connectivity index (χ0v) is 12.3. The lowest BCUT2D eigenvalue weighted by molar-refractivity contribution is -0.0195. The van der Waals surface area contributed by atoms with E-state index in [0.29, 0.717) is 38.5 Å². The lowest BCUT2D eigenvalue weighted by Crippen LogP contribution is -2.48. The number of halogens is 3. The molecule has 0 radical (unpaired) electrons. The second kappa shape index (κ2) is 6.22. The first-order valence-corrected chi connectivity index (χ1v) is 8.89. The Morgan fingerprint density at radius 1 is 0.850 bits per heavy atom. The Kier molecular flexibility index (Phi) is 5.00. The van der Waals surface area contributed by atoms with Crippen molar-refractivity contribution in [3.05, 3.63) is 0 Å². The molecule has 2 aliphatic rings. The molecule has 0 aliphatic heterocycles. The van der Waals surface area contributed by atoms with Gasteiger partial charge in [0.1, 0.15) is 0 Å². The summed E-state index contributed by atoms with van der Waals surface area (Å²) in [6.07, 6.45) is 5.28. The molecular weight excluding hydrogens is 291 g/mol. The van der Waals surface area contributed by atoms with Crippen LogP contribution in [0.4, 0.5) is 13.3 Å². The fourth-order valence-electron chi connectivity index (χ4n) is 3.25. The molecule has 2 aliphatic carbocycles. The number of nitrogens with zero attached hydrogens (tertiary/aromatic N) is 1. The molecule has 0 aromatic carbocycles. The van der Waals surface area contributed by atoms with Crippen molar-refractivity contribution in [2.75, 3.05) is 0 Å². The second-order valence-electron chi connectivity index (χ2n) is 5.94. The minimum atomic E-state index is -5.20. The topological polar surface area (TPSA) is 37.4 Å². The molecule has 7 heteroatoms. The number of hydrogen-bond acceptors (Lipinski definition) is 2. The lowest BCUT2D eigenvalue weighted by Gasteiger charge is -2.33. The van der Waals surface area contributed by atoms with E-state index >= 15 is 0 Å². The number of rotatable bonds is 4. The molecule has 2 fully saturated rings. The van der Waals surface area contributed by atoms with Gasteiger partial charge in [-0.1, -0.05) is 38.5 Å². The summed E-state index contributed by atoms with van der Waals surface area (Å²) >= 11 is 0. The number of hydrogen-bond donors (Lipinski definition) is 0. The third kappa shape index (κ3) is 2.98. The fraction of sp³-hybridized carbons (Fsp3) is 1.00. The van der Waals surface area contributed by atoms with Gasteiger partial charge < -0.3 is 0 Å². The third-order valence-electron chi connectivity index (χ3n) is 4.52. The standard InChI is InChI=1S/C13H22F3NO2S/c14-13(15,11-7-3-1-4-8-11)20(18,19)17(16)12-9-5-2-6-10-12/h11-12H,1-10H2. The van der Waals surface area contributed by atoms with Crippen LogP contribution in [-0.2, 0) is 10.0 Å². The Bertz CT molecular complexity index is 415. The molecule has 2 rings (SSSR count). The van der Waals surface area contributed by atoms with E-state index in [2.05, 4.69) is 0 Å². The average Bonchev–Trinajstić information content (AvgIpc) is 2.48. The van der Waals surface area contributed by atoms with Crippen molar-refractivity contribution in [3.8, 4) is 0 Å². The Balaban J connectivity index is 2.14. The van der Waals surface area contributed by atoms with Gasteiger partial charge in [0.2, 0.25) is 0 Å². The van der Waals surface area contributed by atoms with Crippen LogP contribution in [0, 0.1) is 5.92 Å². The summed E-state index contributed by atoms with van der Waals surface area (Å²) < 4.78 is 65.9. The largest absolute Gasteiger partial charge is 0.364 e. The maximum atomic E-state index is 14.2. The molecule has 0 aromatic rings. The maximum absolute atomic E-state index is 14.2. The average molecular weight is 313 g/mol. The predicted octanol–water partition coefficient (Wildman–Crippen LogP) is 4.01. The number of sulfonamides is 1. The minimum absolute atomic E-state index is 0.157. The van der Waals surface area contributed by atoms with E-state index < -0.39 is 31.8 Å². The number of alkyl halides is 2. The van der Waals surface area contributed by atoms with Crippen LogP contribution in [0.1, 0.15) is 64.2 Å². The molecule has 0 saturated heterocycles. The zero-order valence-electron chi connectivity index (χ0n) is 11.5. The highest BCUT2D eigenvalue weighted by Gasteiger charge is 2.56. The molecular formula is C13H22F3NO2S. The Morgan fingerprint density at radius 3 is 1.80 bits per heavy atom. The molecule has 0 unspecified atom stereocenters. The van der Waals surface area contributed by atoms with Crippen molar-refractivity contribution in [2.45, 2.75) is 75.5 Å². The minimum Gasteiger partial charge on any atom is -0.203 e. The highest BCUT2D eigenvalue weighted by molar-refractivity contribution is 7.90. The van der Waals surface area contributed by atoms with E-state index in [9.17, 15) is 21.7 Å². The van der Waals surface area contributed by atoms with E-state index in [1.54, 1.807) is 0 Å². The van der Waals surface area contributed by atoms with E-state index in [4.69, 9.17) is 0 Å². The third-order valence-corrected chi connectivity index (χ3v) is 6.29. The summed E-state index contributed by atoms with van der Waals surface area (Å²) in [6.45, 7) is 0. The van der Waals surface area contributed by atoms with Crippen molar-refractivity contribution in [2.24, 2.45) is 5.92 Å². The van der Waals surface area contributed by atoms with Gasteiger partial charge >= 0.3 is 15.3 Å². The summed E-state index contributed by atoms with van der Waals surface area (Å²) in [4.78, 5) is 0. The van der Waals surface area contributed by atoms with E-state index in [0.717, 1.165) is 12.8 Å². The van der Waals surface area contributed by atoms with Gasteiger partial charge in [-0.2, -0.15) is 8.78 Å². The quantitative estimate of drug-likeness (QED) is 0.735. The van der Waals surface area contributed by atoms with Crippen LogP contribution in [0.15, 0.2) is 0 Å². The van der Waals surface area contributed by atoms with Gasteiger partial charge in [0.05, 0.1) is 6.04 Å². The first-order chi connectivity index (χ1) is 9.37. The summed E-state index contributed by atoms with van der Waals surface area (Å²) in [5.74, 6) is -1.25. The highest BCUT2D eigenvalue weighted by atomic mass is 32.2. The first-order valence-electron chi connectivity index (χ1n) is 7.45. The molecule has 0 spiro atoms. The van der Waals surface area contributed by atoms with Crippen LogP contribution in [0.3, 0.4) is 0 Å². The van der Waals surface area contributed by atoms with Crippen LogP contribution in [0.25, 0.3) is 0 Å². The smallest absolute Gasteiger partial charge is 0.203 e. The second-order valence-corrected chi connectivity index (χ2v) is 7.78. The SMILES string of the molecule is O=S(=O)(N(F)C1CCCCC1)C(F)(F)C1CCCCC1. The van der Waals surface area contributed by atoms with Crippen molar-refractivity contribution in [1.29, 1.82) is 0 Å². The van der Waals surface area contributed by atoms with E-state index in [1.165, 1.54) is 0 Å². The van der Waals surface area contributed by atoms with Crippen molar-refractivity contribution < 1.29 is 21.7 Å². The van der Waals surface area contributed by atoms with Crippen molar-refractivity contribution in [1.82, 2.24) is 4.53 Å². The van der Waals surface area contributed by atoms with E-state index in [-0.39, 0.29) is 12.8 Å². The van der Waals surface area contributed by atoms with Gasteiger partial charge in [-0.15, -0.1) is 4.48 Å². The highest BCUT2D eigenvalue weighted by Crippen LogP contribution is 2.43. The molecule has 2 saturated carbocycles. The molecule has 0 bridgehead atoms. The maximum Gasteiger partial charge on any atom is 0.364 e. The molecule has 0 amide bonds. The molecule has 0 atom stereocenters. The predicted molar refractivity (Wildman–Crippen MR) is 70.3 cm³/mol. The Hall–Kier alpha value is -0.300. The zero-order chi connectivity index (χ0) is 14.8. The molecule has 0 aromatic heterocycles. The van der Waals surface area contributed by atoms with Crippen LogP contribution in [0.2, 0.25) is 0 Å². The van der Waals surface area contributed by atoms with Crippen LogP contribution in [-0.4, -0.2) is 24.2 Å². The van der Waals surface area contributed by atoms with Crippen molar-refractivity contribution in [3.63, 3.8) is 0 Å². The van der Waals surface area contributed by atoms with Crippen LogP contribution >= 0.6 is 0 Å². The molecule has 3 nitrogen and oxygen atoms in total. The Morgan fingerprint density at radius 2 is 1.30 bits per heavy atom. The normalized spacial score (nSPS) is 24.2. The van der Waals surface area contributed by atoms with E-state index in [1.807, 2.05) is 0 Å². The van der Waals surface area contributed by atoms with Crippen LogP contribution < -0.4 is 0 Å². The summed E-state index contributed by atoms with van der Waals surface area (Å²) in [5.41, 5.74) is 0. The molecule has 0 heterocycles. The van der Waals surface area contributed by atoms with Gasteiger partial charge in [-0.05, 0) is 30.2 Å². The monoisotopic (exact) mass is 313 g/mol. The van der Waals surface area contributed by atoms with Gasteiger partial charge in [-0.25, -0.2) is 8.42 Å². The molecule has 0 N–H and O–H groups in total. The van der Waals surface area contributed by atoms with Crippen molar-refractivity contribution >= 4 is 10.0 Å². The molecule has 118 valence electrons. The van der Waals surface area contributed by atoms with Gasteiger partial charge in [0.25, 0.3) is 0 Å².